The molecule has 1 aliphatic heterocycles. The Balaban J connectivity index is 1.85. The van der Waals surface area contributed by atoms with Gasteiger partial charge in [-0.2, -0.15) is 5.26 Å². The van der Waals surface area contributed by atoms with Crippen molar-refractivity contribution in [3.8, 4) is 11.8 Å². The molecule has 160 valence electrons. The Morgan fingerprint density at radius 1 is 1.00 bits per heavy atom. The molecule has 4 rings (SSSR count). The number of benzene rings is 2. The molecule has 3 aromatic rings. The van der Waals surface area contributed by atoms with Gasteiger partial charge in [-0.05, 0) is 43.4 Å². The van der Waals surface area contributed by atoms with Crippen LogP contribution in [0.15, 0.2) is 53.4 Å². The number of para-hydroxylation sites is 2. The number of piperazine rings is 1. The van der Waals surface area contributed by atoms with Crippen molar-refractivity contribution in [3.05, 3.63) is 54.2 Å². The van der Waals surface area contributed by atoms with Crippen LogP contribution < -0.4 is 9.64 Å². The van der Waals surface area contributed by atoms with E-state index in [9.17, 15) is 13.7 Å². The number of fused-ring (bicyclic) bond motifs is 1. The van der Waals surface area contributed by atoms with Crippen molar-refractivity contribution in [3.63, 3.8) is 0 Å². The molecule has 0 amide bonds. The highest BCUT2D eigenvalue weighted by atomic mass is 32.2. The third kappa shape index (κ3) is 4.04. The molecule has 31 heavy (non-hydrogen) atoms. The monoisotopic (exact) mass is 437 g/mol. The van der Waals surface area contributed by atoms with Gasteiger partial charge in [0.2, 0.25) is 9.84 Å². The van der Waals surface area contributed by atoms with Crippen molar-refractivity contribution in [2.24, 2.45) is 0 Å². The number of sulfone groups is 1. The number of nitrogens with zero attached hydrogens (tertiary/aromatic N) is 5. The highest BCUT2D eigenvalue weighted by Crippen LogP contribution is 2.34. The maximum absolute atomic E-state index is 13.4. The number of hydrogen-bond acceptors (Lipinski definition) is 8. The zero-order chi connectivity index (χ0) is 22.0. The average molecular weight is 438 g/mol. The molecular formula is C22H23N5O3S. The fourth-order valence-electron chi connectivity index (χ4n) is 3.61. The molecule has 2 heterocycles. The van der Waals surface area contributed by atoms with Crippen LogP contribution in [0.25, 0.3) is 11.0 Å². The van der Waals surface area contributed by atoms with Crippen LogP contribution >= 0.6 is 0 Å². The molecular weight excluding hydrogens is 414 g/mol. The smallest absolute Gasteiger partial charge is 0.200 e. The predicted octanol–water partition coefficient (Wildman–Crippen LogP) is 2.43. The lowest BCUT2D eigenvalue weighted by atomic mass is 10.2. The maximum Gasteiger partial charge on any atom is 0.200 e. The zero-order valence-electron chi connectivity index (χ0n) is 17.4. The van der Waals surface area contributed by atoms with Gasteiger partial charge in [-0.1, -0.05) is 12.1 Å². The fourth-order valence-corrected chi connectivity index (χ4v) is 4.99. The summed E-state index contributed by atoms with van der Waals surface area (Å²) in [5.41, 5.74) is 1.39. The lowest BCUT2D eigenvalue weighted by molar-refractivity contribution is 0.312. The second-order valence-electron chi connectivity index (χ2n) is 7.44. The number of nitriles is 1. The summed E-state index contributed by atoms with van der Waals surface area (Å²) in [5.74, 6) is 0.992. The van der Waals surface area contributed by atoms with E-state index in [0.29, 0.717) is 35.7 Å². The van der Waals surface area contributed by atoms with Gasteiger partial charge in [0.15, 0.2) is 11.1 Å². The minimum atomic E-state index is -4.03. The molecule has 1 fully saturated rings. The van der Waals surface area contributed by atoms with Crippen LogP contribution in [0.2, 0.25) is 0 Å². The van der Waals surface area contributed by atoms with E-state index < -0.39 is 15.1 Å². The molecule has 0 saturated carbocycles. The maximum atomic E-state index is 13.4. The van der Waals surface area contributed by atoms with Gasteiger partial charge in [-0.25, -0.2) is 18.4 Å². The predicted molar refractivity (Wildman–Crippen MR) is 118 cm³/mol. The molecule has 2 aromatic carbocycles. The van der Waals surface area contributed by atoms with E-state index >= 15 is 0 Å². The number of aromatic nitrogens is 2. The van der Waals surface area contributed by atoms with Crippen LogP contribution in [0, 0.1) is 11.3 Å². The van der Waals surface area contributed by atoms with Crippen LogP contribution in [-0.2, 0) is 9.84 Å². The van der Waals surface area contributed by atoms with Crippen molar-refractivity contribution >= 4 is 26.7 Å². The second-order valence-corrected chi connectivity index (χ2v) is 9.47. The fraction of sp³-hybridized carbons (Fsp3) is 0.318. The molecule has 0 unspecified atom stereocenters. The molecule has 9 heteroatoms. The minimum absolute atomic E-state index is 0.0409. The number of hydrogen-bond donors (Lipinski definition) is 0. The van der Waals surface area contributed by atoms with Gasteiger partial charge in [0.05, 0.1) is 29.1 Å². The summed E-state index contributed by atoms with van der Waals surface area (Å²) in [7, 11) is -0.479. The molecule has 1 aromatic heterocycles. The van der Waals surface area contributed by atoms with Crippen LogP contribution in [0.5, 0.6) is 5.75 Å². The van der Waals surface area contributed by atoms with Crippen molar-refractivity contribution in [1.29, 1.82) is 5.26 Å². The molecule has 1 atom stereocenters. The van der Waals surface area contributed by atoms with Crippen LogP contribution in [-0.4, -0.2) is 63.6 Å². The summed E-state index contributed by atoms with van der Waals surface area (Å²) in [4.78, 5) is 13.6. The molecule has 1 aliphatic rings. The first-order valence-electron chi connectivity index (χ1n) is 9.92. The second kappa shape index (κ2) is 8.49. The molecule has 0 aliphatic carbocycles. The lowest BCUT2D eigenvalue weighted by Gasteiger charge is -2.34. The highest BCUT2D eigenvalue weighted by molar-refractivity contribution is 7.92. The van der Waals surface area contributed by atoms with Gasteiger partial charge in [-0.3, -0.25) is 0 Å². The van der Waals surface area contributed by atoms with Gasteiger partial charge in [-0.15, -0.1) is 0 Å². The Morgan fingerprint density at radius 2 is 1.61 bits per heavy atom. The first-order valence-corrected chi connectivity index (χ1v) is 11.5. The molecule has 0 N–H and O–H groups in total. The first-order chi connectivity index (χ1) is 14.9. The Hall–Kier alpha value is -3.22. The summed E-state index contributed by atoms with van der Waals surface area (Å²) in [6, 6.07) is 15.3. The number of ether oxygens (including phenoxy) is 1. The summed E-state index contributed by atoms with van der Waals surface area (Å²) in [5, 5.41) is 8.49. The third-order valence-electron chi connectivity index (χ3n) is 5.44. The van der Waals surface area contributed by atoms with E-state index in [0.717, 1.165) is 13.1 Å². The quantitative estimate of drug-likeness (QED) is 0.600. The molecule has 8 nitrogen and oxygen atoms in total. The molecule has 1 saturated heterocycles. The highest BCUT2D eigenvalue weighted by Gasteiger charge is 2.35. The van der Waals surface area contributed by atoms with E-state index in [1.807, 2.05) is 36.2 Å². The standard InChI is InChI=1S/C22H23N5O3S/c1-26-11-13-27(14-12-26)22-21(24-18-5-3-4-6-19(18)25-22)20(15-23)31(28,29)17-9-7-16(30-2)8-10-17/h3-10,20H,11-14H2,1-2H3/t20-/m0/s1. The van der Waals surface area contributed by atoms with Crippen molar-refractivity contribution in [2.45, 2.75) is 10.1 Å². The molecule has 0 radical (unpaired) electrons. The normalized spacial score (nSPS) is 16.1. The molecule has 0 spiro atoms. The Kier molecular flexibility index (Phi) is 5.76. The number of anilines is 1. The minimum Gasteiger partial charge on any atom is -0.497 e. The summed E-state index contributed by atoms with van der Waals surface area (Å²) < 4.78 is 32.0. The average Bonchev–Trinajstić information content (AvgIpc) is 2.79. The van der Waals surface area contributed by atoms with E-state index in [-0.39, 0.29) is 10.6 Å². The topological polar surface area (TPSA) is 99.4 Å². The largest absolute Gasteiger partial charge is 0.497 e. The number of rotatable bonds is 5. The van der Waals surface area contributed by atoms with Crippen molar-refractivity contribution < 1.29 is 13.2 Å². The number of methoxy groups -OCH3 is 1. The molecule has 0 bridgehead atoms. The van der Waals surface area contributed by atoms with Gasteiger partial charge in [0, 0.05) is 26.2 Å². The summed E-state index contributed by atoms with van der Waals surface area (Å²) >= 11 is 0. The lowest BCUT2D eigenvalue weighted by Crippen LogP contribution is -2.45. The number of likely N-dealkylation sites (N-methyl/N-ethyl adjacent to an activating group) is 1. The Morgan fingerprint density at radius 3 is 2.19 bits per heavy atom. The van der Waals surface area contributed by atoms with Crippen LogP contribution in [0.4, 0.5) is 5.82 Å². The first kappa shape index (κ1) is 21.0. The van der Waals surface area contributed by atoms with Gasteiger partial charge in [0.1, 0.15) is 11.4 Å². The zero-order valence-corrected chi connectivity index (χ0v) is 18.2. The summed E-state index contributed by atoms with van der Waals surface area (Å²) in [6.07, 6.45) is 0. The Labute approximate surface area is 181 Å². The van der Waals surface area contributed by atoms with Crippen molar-refractivity contribution in [2.75, 3.05) is 45.2 Å². The third-order valence-corrected chi connectivity index (χ3v) is 7.32. The van der Waals surface area contributed by atoms with Crippen LogP contribution in [0.1, 0.15) is 10.9 Å². The van der Waals surface area contributed by atoms with E-state index in [2.05, 4.69) is 9.88 Å². The Bertz CT molecular complexity index is 1230. The van der Waals surface area contributed by atoms with Crippen LogP contribution in [0.3, 0.4) is 0 Å². The van der Waals surface area contributed by atoms with E-state index in [4.69, 9.17) is 9.72 Å². The van der Waals surface area contributed by atoms with E-state index in [1.165, 1.54) is 19.2 Å². The van der Waals surface area contributed by atoms with E-state index in [1.54, 1.807) is 18.2 Å². The SMILES string of the molecule is COc1ccc(S(=O)(=O)[C@@H](C#N)c2nc3ccccc3nc2N2CCN(C)CC2)cc1. The van der Waals surface area contributed by atoms with Crippen molar-refractivity contribution in [1.82, 2.24) is 14.9 Å². The summed E-state index contributed by atoms with van der Waals surface area (Å²) in [6.45, 7) is 2.99. The van der Waals surface area contributed by atoms with Gasteiger partial charge >= 0.3 is 0 Å². The van der Waals surface area contributed by atoms with Gasteiger partial charge < -0.3 is 14.5 Å². The van der Waals surface area contributed by atoms with Gasteiger partial charge in [0.25, 0.3) is 0 Å².